The molecule has 0 bridgehead atoms. The fourth-order valence-electron chi connectivity index (χ4n) is 4.96. The number of amides is 1. The predicted molar refractivity (Wildman–Crippen MR) is 134 cm³/mol. The van der Waals surface area contributed by atoms with E-state index in [2.05, 4.69) is 0 Å². The average molecular weight is 596 g/mol. The van der Waals surface area contributed by atoms with Crippen LogP contribution in [-0.4, -0.2) is 50.5 Å². The Balaban J connectivity index is 1.38. The van der Waals surface area contributed by atoms with Gasteiger partial charge in [-0.05, 0) is 51.4 Å². The lowest BCUT2D eigenvalue weighted by molar-refractivity contribution is -0.166. The minimum absolute atomic E-state index is 0.204. The number of hydrogen-bond donors (Lipinski definition) is 0. The Morgan fingerprint density at radius 1 is 1.16 bits per heavy atom. The summed E-state index contributed by atoms with van der Waals surface area (Å²) in [5, 5.41) is 0.482. The van der Waals surface area contributed by atoms with Gasteiger partial charge in [0.1, 0.15) is 16.1 Å². The van der Waals surface area contributed by atoms with E-state index in [1.807, 2.05) is 0 Å². The van der Waals surface area contributed by atoms with Crippen LogP contribution in [0.15, 0.2) is 35.7 Å². The van der Waals surface area contributed by atoms with Gasteiger partial charge in [-0.25, -0.2) is 12.8 Å². The molecule has 2 aromatic rings. The highest BCUT2D eigenvalue weighted by atomic mass is 35.5. The van der Waals surface area contributed by atoms with Crippen LogP contribution in [0.1, 0.15) is 28.7 Å². The van der Waals surface area contributed by atoms with Crippen LogP contribution >= 0.6 is 35.0 Å². The first-order valence-electron chi connectivity index (χ1n) is 11.0. The van der Waals surface area contributed by atoms with E-state index in [0.29, 0.717) is 22.9 Å². The molecule has 37 heavy (non-hydrogen) atoms. The number of halogens is 6. The second kappa shape index (κ2) is 8.87. The Labute approximate surface area is 224 Å². The first kappa shape index (κ1) is 26.8. The average Bonchev–Trinajstić information content (AvgIpc) is 3.37. The van der Waals surface area contributed by atoms with Crippen LogP contribution in [0.4, 0.5) is 17.6 Å². The highest BCUT2D eigenvalue weighted by Gasteiger charge is 2.59. The van der Waals surface area contributed by atoms with Crippen LogP contribution in [0.5, 0.6) is 0 Å². The van der Waals surface area contributed by atoms with E-state index in [1.54, 1.807) is 18.2 Å². The molecule has 1 atom stereocenters. The number of rotatable bonds is 4. The molecule has 13 heteroatoms. The smallest absolute Gasteiger partial charge is 0.362 e. The molecule has 3 heterocycles. The summed E-state index contributed by atoms with van der Waals surface area (Å²) in [6.07, 6.45) is -4.09. The molecule has 1 unspecified atom stereocenters. The fourth-order valence-corrected chi connectivity index (χ4v) is 7.27. The third-order valence-corrected chi connectivity index (χ3v) is 9.59. The Morgan fingerprint density at radius 2 is 1.81 bits per heavy atom. The summed E-state index contributed by atoms with van der Waals surface area (Å²) in [5.74, 6) is -2.05. The van der Waals surface area contributed by atoms with Gasteiger partial charge in [-0.1, -0.05) is 35.3 Å². The van der Waals surface area contributed by atoms with Gasteiger partial charge in [-0.15, -0.1) is 11.8 Å². The molecule has 3 aliphatic heterocycles. The van der Waals surface area contributed by atoms with E-state index in [1.165, 1.54) is 10.3 Å². The molecular formula is C24H19Cl2F4NO4S2. The summed E-state index contributed by atoms with van der Waals surface area (Å²) in [6.45, 7) is 0.621. The summed E-state index contributed by atoms with van der Waals surface area (Å²) in [6, 6.07) is 7.19. The number of likely N-dealkylation sites (tertiary alicyclic amines) is 1. The van der Waals surface area contributed by atoms with Crippen molar-refractivity contribution in [2.75, 3.05) is 25.1 Å². The zero-order valence-corrected chi connectivity index (χ0v) is 22.3. The highest BCUT2D eigenvalue weighted by Crippen LogP contribution is 2.60. The first-order valence-corrected chi connectivity index (χ1v) is 14.7. The number of sulfone groups is 1. The molecule has 5 rings (SSSR count). The van der Waals surface area contributed by atoms with Crippen molar-refractivity contribution in [3.63, 3.8) is 0 Å². The molecule has 1 amide bonds. The van der Waals surface area contributed by atoms with Gasteiger partial charge >= 0.3 is 6.18 Å². The minimum Gasteiger partial charge on any atom is -0.362 e. The largest absolute Gasteiger partial charge is 0.407 e. The Hall–Kier alpha value is -1.79. The van der Waals surface area contributed by atoms with E-state index in [9.17, 15) is 30.8 Å². The Kier molecular flexibility index (Phi) is 6.43. The van der Waals surface area contributed by atoms with Gasteiger partial charge in [0.25, 0.3) is 0 Å². The van der Waals surface area contributed by atoms with Crippen molar-refractivity contribution in [2.24, 2.45) is 0 Å². The normalized spacial score (nSPS) is 22.7. The second-order valence-corrected chi connectivity index (χ2v) is 13.6. The molecule has 2 aromatic carbocycles. The summed E-state index contributed by atoms with van der Waals surface area (Å²) in [4.78, 5) is 13.6. The molecule has 3 aliphatic rings. The lowest BCUT2D eigenvalue weighted by Crippen LogP contribution is -2.62. The number of hydrogen-bond acceptors (Lipinski definition) is 5. The molecule has 0 radical (unpaired) electrons. The van der Waals surface area contributed by atoms with Gasteiger partial charge < -0.3 is 9.64 Å². The quantitative estimate of drug-likeness (QED) is 0.336. The maximum Gasteiger partial charge on any atom is 0.407 e. The van der Waals surface area contributed by atoms with Crippen molar-refractivity contribution in [3.8, 4) is 0 Å². The number of carbonyl (C=O) groups excluding carboxylic acids is 1. The molecule has 198 valence electrons. The van der Waals surface area contributed by atoms with Gasteiger partial charge in [0, 0.05) is 12.7 Å². The van der Waals surface area contributed by atoms with Gasteiger partial charge in [0.15, 0.2) is 15.7 Å². The first-order chi connectivity index (χ1) is 17.1. The number of allylic oxidation sites excluding steroid dienone is 1. The number of alkyl halides is 3. The third-order valence-electron chi connectivity index (χ3n) is 6.85. The number of benzene rings is 2. The lowest BCUT2D eigenvalue weighted by Gasteiger charge is -2.47. The Bertz CT molecular complexity index is 1430. The van der Waals surface area contributed by atoms with Crippen molar-refractivity contribution < 1.29 is 35.5 Å². The van der Waals surface area contributed by atoms with Gasteiger partial charge in [-0.3, -0.25) is 4.79 Å². The van der Waals surface area contributed by atoms with Crippen molar-refractivity contribution in [3.05, 3.63) is 73.9 Å². The number of ether oxygens (including phenoxy) is 1. The van der Waals surface area contributed by atoms with Crippen LogP contribution in [-0.2, 0) is 36.3 Å². The van der Waals surface area contributed by atoms with E-state index in [0.717, 1.165) is 29.5 Å². The molecule has 0 N–H and O–H groups in total. The van der Waals surface area contributed by atoms with E-state index >= 15 is 0 Å². The van der Waals surface area contributed by atoms with Crippen molar-refractivity contribution in [2.45, 2.75) is 29.6 Å². The zero-order valence-electron chi connectivity index (χ0n) is 19.2. The van der Waals surface area contributed by atoms with Crippen LogP contribution in [0.2, 0.25) is 10.0 Å². The zero-order chi connectivity index (χ0) is 27.0. The van der Waals surface area contributed by atoms with Crippen molar-refractivity contribution in [1.82, 2.24) is 4.90 Å². The van der Waals surface area contributed by atoms with E-state index < -0.39 is 60.3 Å². The number of carbonyl (C=O) groups is 1. The number of nitrogens with zero attached hydrogens (tertiary/aromatic N) is 1. The topological polar surface area (TPSA) is 63.7 Å². The van der Waals surface area contributed by atoms with Crippen molar-refractivity contribution in [1.29, 1.82) is 0 Å². The van der Waals surface area contributed by atoms with Crippen LogP contribution in [0.25, 0.3) is 5.57 Å². The fraction of sp³-hybridized carbons (Fsp3) is 0.375. The molecule has 1 spiro atoms. The van der Waals surface area contributed by atoms with Crippen LogP contribution < -0.4 is 0 Å². The predicted octanol–water partition coefficient (Wildman–Crippen LogP) is 5.68. The summed E-state index contributed by atoms with van der Waals surface area (Å²) >= 11 is 12.2. The van der Waals surface area contributed by atoms with Crippen molar-refractivity contribution >= 4 is 56.3 Å². The maximum atomic E-state index is 14.4. The molecule has 1 saturated heterocycles. The molecular weight excluding hydrogens is 577 g/mol. The number of fused-ring (bicyclic) bond motifs is 2. The maximum absolute atomic E-state index is 14.4. The molecule has 1 fully saturated rings. The summed E-state index contributed by atoms with van der Waals surface area (Å²) in [7, 11) is -3.46. The van der Waals surface area contributed by atoms with Gasteiger partial charge in [0.2, 0.25) is 5.91 Å². The SMILES string of the molecule is CS(=O)(=O)CC(=O)N1CC2(C1)OCc1cc(C3=CSC(c4cc(Cl)c(F)c(Cl)c4)(C(F)(F)F)C3)ccc12. The van der Waals surface area contributed by atoms with Gasteiger partial charge in [-0.2, -0.15) is 13.2 Å². The van der Waals surface area contributed by atoms with E-state index in [4.69, 9.17) is 27.9 Å². The van der Waals surface area contributed by atoms with Crippen LogP contribution in [0.3, 0.4) is 0 Å². The molecule has 0 saturated carbocycles. The summed E-state index contributed by atoms with van der Waals surface area (Å²) in [5.41, 5.74) is 1.66. The minimum atomic E-state index is -4.68. The molecule has 0 aromatic heterocycles. The highest BCUT2D eigenvalue weighted by molar-refractivity contribution is 8.03. The number of thioether (sulfide) groups is 1. The Morgan fingerprint density at radius 3 is 2.41 bits per heavy atom. The lowest BCUT2D eigenvalue weighted by atomic mass is 9.83. The standard InChI is InChI=1S/C24H19Cl2F4NO4S2/c1-37(33,34)10-20(32)31-11-22(12-31)17-3-2-13(4-14(17)8-35-22)15-7-23(36-9-15,24(28,29)30)16-5-18(25)21(27)19(26)6-16/h2-6,9H,7-8,10-12H2,1H3. The second-order valence-electron chi connectivity index (χ2n) is 9.49. The molecule has 5 nitrogen and oxygen atoms in total. The summed E-state index contributed by atoms with van der Waals surface area (Å²) < 4.78 is 83.6. The van der Waals surface area contributed by atoms with Crippen LogP contribution in [0, 0.1) is 5.82 Å². The third kappa shape index (κ3) is 4.56. The monoisotopic (exact) mass is 595 g/mol. The van der Waals surface area contributed by atoms with E-state index in [-0.39, 0.29) is 25.3 Å². The van der Waals surface area contributed by atoms with Gasteiger partial charge in [0.05, 0.1) is 29.7 Å². The molecule has 0 aliphatic carbocycles.